The van der Waals surface area contributed by atoms with Crippen LogP contribution in [0.1, 0.15) is 12.5 Å². The van der Waals surface area contributed by atoms with Crippen molar-refractivity contribution in [1.29, 1.82) is 0 Å². The third-order valence-electron chi connectivity index (χ3n) is 3.86. The number of para-hydroxylation sites is 1. The number of nitrogens with zero attached hydrogens (tertiary/aromatic N) is 2. The number of benzene rings is 2. The van der Waals surface area contributed by atoms with Crippen molar-refractivity contribution in [3.8, 4) is 0 Å². The van der Waals surface area contributed by atoms with Gasteiger partial charge in [-0.15, -0.1) is 5.53 Å². The fourth-order valence-electron chi connectivity index (χ4n) is 2.82. The molecule has 2 aromatic carbocycles. The second-order valence-electron chi connectivity index (χ2n) is 5.31. The lowest BCUT2D eigenvalue weighted by atomic mass is 10.0. The quantitative estimate of drug-likeness (QED) is 0.841. The van der Waals surface area contributed by atoms with Crippen LogP contribution in [0.3, 0.4) is 0 Å². The van der Waals surface area contributed by atoms with Crippen molar-refractivity contribution in [3.63, 3.8) is 0 Å². The Balaban J connectivity index is 1.81. The van der Waals surface area contributed by atoms with E-state index in [1.165, 1.54) is 17.1 Å². The zero-order valence-corrected chi connectivity index (χ0v) is 11.9. The van der Waals surface area contributed by atoms with Gasteiger partial charge >= 0.3 is 0 Å². The lowest BCUT2D eigenvalue weighted by molar-refractivity contribution is 0.388. The molecule has 110 valence electrons. The van der Waals surface area contributed by atoms with Gasteiger partial charge in [0.1, 0.15) is 11.5 Å². The minimum absolute atomic E-state index is 0.0925. The van der Waals surface area contributed by atoms with Crippen LogP contribution in [0, 0.1) is 5.82 Å². The van der Waals surface area contributed by atoms with Crippen LogP contribution in [0.25, 0.3) is 6.08 Å². The molecule has 0 unspecified atom stereocenters. The number of allylic oxidation sites excluding steroid dienone is 1. The summed E-state index contributed by atoms with van der Waals surface area (Å²) in [6, 6.07) is 13.9. The fraction of sp³-hybridized carbons (Fsp3) is 0.0588. The summed E-state index contributed by atoms with van der Waals surface area (Å²) >= 11 is 0. The van der Waals surface area contributed by atoms with Gasteiger partial charge in [-0.1, -0.05) is 18.2 Å². The van der Waals surface area contributed by atoms with Crippen LogP contribution in [0.15, 0.2) is 65.7 Å². The molecule has 2 N–H and O–H groups in total. The summed E-state index contributed by atoms with van der Waals surface area (Å²) in [4.78, 5) is 0. The van der Waals surface area contributed by atoms with Gasteiger partial charge in [0.15, 0.2) is 0 Å². The maximum atomic E-state index is 13.1. The summed E-state index contributed by atoms with van der Waals surface area (Å²) in [5.74, 6) is -0.218. The zero-order valence-electron chi connectivity index (χ0n) is 11.9. The molecule has 2 aliphatic rings. The molecule has 0 amide bonds. The van der Waals surface area contributed by atoms with E-state index in [1.54, 1.807) is 12.1 Å². The number of hydrogen-bond donors (Lipinski definition) is 2. The van der Waals surface area contributed by atoms with Gasteiger partial charge in [-0.25, -0.2) is 9.40 Å². The van der Waals surface area contributed by atoms with Gasteiger partial charge in [0, 0.05) is 5.56 Å². The Kier molecular flexibility index (Phi) is 2.71. The summed E-state index contributed by atoms with van der Waals surface area (Å²) in [5, 5.41) is 13.9. The highest BCUT2D eigenvalue weighted by Gasteiger charge is 2.34. The third kappa shape index (κ3) is 1.79. The van der Waals surface area contributed by atoms with Crippen molar-refractivity contribution in [2.45, 2.75) is 6.92 Å². The molecule has 0 saturated carbocycles. The molecular formula is C17H14FN3O. The molecule has 0 atom stereocenters. The molecule has 0 radical (unpaired) electrons. The molecule has 2 heterocycles. The lowest BCUT2D eigenvalue weighted by Crippen LogP contribution is -2.42. The van der Waals surface area contributed by atoms with E-state index in [4.69, 9.17) is 0 Å². The SMILES string of the molecule is CC1=Cc2ccccc2N2NN(c3ccc(F)cc3)C(O)=C12. The predicted octanol–water partition coefficient (Wildman–Crippen LogP) is 3.72. The fourth-order valence-corrected chi connectivity index (χ4v) is 2.82. The molecule has 0 bridgehead atoms. The second-order valence-corrected chi connectivity index (χ2v) is 5.31. The third-order valence-corrected chi connectivity index (χ3v) is 3.86. The van der Waals surface area contributed by atoms with Crippen molar-refractivity contribution < 1.29 is 9.50 Å². The van der Waals surface area contributed by atoms with Crippen LogP contribution in [0.5, 0.6) is 0 Å². The number of rotatable bonds is 1. The summed E-state index contributed by atoms with van der Waals surface area (Å²) in [6.45, 7) is 1.95. The maximum Gasteiger partial charge on any atom is 0.234 e. The van der Waals surface area contributed by atoms with E-state index in [9.17, 15) is 9.50 Å². The Hall–Kier alpha value is -2.79. The van der Waals surface area contributed by atoms with E-state index in [0.29, 0.717) is 11.4 Å². The normalized spacial score (nSPS) is 16.5. The monoisotopic (exact) mass is 295 g/mol. The number of halogens is 1. The van der Waals surface area contributed by atoms with E-state index in [2.05, 4.69) is 5.53 Å². The van der Waals surface area contributed by atoms with E-state index in [1.807, 2.05) is 42.3 Å². The summed E-state index contributed by atoms with van der Waals surface area (Å²) in [7, 11) is 0. The van der Waals surface area contributed by atoms with Crippen LogP contribution in [0.2, 0.25) is 0 Å². The first-order chi connectivity index (χ1) is 10.6. The summed E-state index contributed by atoms with van der Waals surface area (Å²) in [5.41, 5.74) is 7.48. The number of aliphatic hydroxyl groups excluding tert-OH is 1. The average Bonchev–Trinajstić information content (AvgIpc) is 2.87. The molecule has 0 spiro atoms. The highest BCUT2D eigenvalue weighted by Crippen LogP contribution is 2.39. The Bertz CT molecular complexity index is 811. The first-order valence-corrected chi connectivity index (χ1v) is 6.98. The topological polar surface area (TPSA) is 38.7 Å². The molecule has 2 aromatic rings. The van der Waals surface area contributed by atoms with Crippen molar-refractivity contribution in [2.75, 3.05) is 10.0 Å². The number of hydrogen-bond acceptors (Lipinski definition) is 4. The molecule has 22 heavy (non-hydrogen) atoms. The number of hydrazine groups is 2. The van der Waals surface area contributed by atoms with Gasteiger partial charge in [0.05, 0.1) is 11.4 Å². The average molecular weight is 295 g/mol. The molecule has 5 heteroatoms. The largest absolute Gasteiger partial charge is 0.492 e. The van der Waals surface area contributed by atoms with Crippen LogP contribution in [0.4, 0.5) is 15.8 Å². The standard InChI is InChI=1S/C17H14FN3O/c1-11-10-12-4-2-3-5-15(12)21-16(11)17(22)20(19-21)14-8-6-13(18)7-9-14/h2-10,19,22H,1H3. The van der Waals surface area contributed by atoms with Crippen molar-refractivity contribution >= 4 is 17.5 Å². The van der Waals surface area contributed by atoms with Gasteiger partial charge in [-0.3, -0.25) is 5.01 Å². The van der Waals surface area contributed by atoms with Crippen LogP contribution >= 0.6 is 0 Å². The molecule has 4 rings (SSSR count). The maximum absolute atomic E-state index is 13.1. The van der Waals surface area contributed by atoms with Gasteiger partial charge in [-0.05, 0) is 48.9 Å². The molecule has 0 fully saturated rings. The second kappa shape index (κ2) is 4.61. The minimum Gasteiger partial charge on any atom is -0.492 e. The van der Waals surface area contributed by atoms with Gasteiger partial charge in [-0.2, -0.15) is 0 Å². The number of nitrogens with one attached hydrogen (secondary N) is 1. The number of anilines is 2. The Morgan fingerprint density at radius 2 is 1.73 bits per heavy atom. The Morgan fingerprint density at radius 3 is 2.50 bits per heavy atom. The van der Waals surface area contributed by atoms with E-state index >= 15 is 0 Å². The smallest absolute Gasteiger partial charge is 0.234 e. The van der Waals surface area contributed by atoms with Crippen LogP contribution < -0.4 is 15.6 Å². The molecule has 2 aliphatic heterocycles. The first-order valence-electron chi connectivity index (χ1n) is 6.98. The number of aliphatic hydroxyl groups is 1. The van der Waals surface area contributed by atoms with Crippen molar-refractivity contribution in [1.82, 2.24) is 5.53 Å². The molecule has 0 aromatic heterocycles. The highest BCUT2D eigenvalue weighted by atomic mass is 19.1. The van der Waals surface area contributed by atoms with Crippen LogP contribution in [-0.2, 0) is 0 Å². The van der Waals surface area contributed by atoms with Gasteiger partial charge in [0.2, 0.25) is 5.88 Å². The summed E-state index contributed by atoms with van der Waals surface area (Å²) in [6.07, 6.45) is 2.03. The minimum atomic E-state index is -0.311. The Morgan fingerprint density at radius 1 is 1.00 bits per heavy atom. The molecule has 0 aliphatic carbocycles. The van der Waals surface area contributed by atoms with Gasteiger partial charge in [0.25, 0.3) is 0 Å². The molecule has 4 nitrogen and oxygen atoms in total. The molecular weight excluding hydrogens is 281 g/mol. The van der Waals surface area contributed by atoms with E-state index in [-0.39, 0.29) is 11.7 Å². The summed E-state index contributed by atoms with van der Waals surface area (Å²) < 4.78 is 13.1. The molecule has 0 saturated heterocycles. The predicted molar refractivity (Wildman–Crippen MR) is 84.2 cm³/mol. The highest BCUT2D eigenvalue weighted by molar-refractivity contribution is 5.81. The first kappa shape index (κ1) is 12.9. The zero-order chi connectivity index (χ0) is 15.3. The lowest BCUT2D eigenvalue weighted by Gasteiger charge is -2.28. The van der Waals surface area contributed by atoms with Gasteiger partial charge < -0.3 is 5.11 Å². The van der Waals surface area contributed by atoms with E-state index in [0.717, 1.165) is 16.8 Å². The van der Waals surface area contributed by atoms with Crippen molar-refractivity contribution in [2.24, 2.45) is 0 Å². The van der Waals surface area contributed by atoms with Crippen molar-refractivity contribution in [3.05, 3.63) is 77.1 Å². The Labute approximate surface area is 127 Å². The van der Waals surface area contributed by atoms with Crippen LogP contribution in [-0.4, -0.2) is 5.11 Å². The van der Waals surface area contributed by atoms with E-state index < -0.39 is 0 Å². The number of fused-ring (bicyclic) bond motifs is 3.